The van der Waals surface area contributed by atoms with Gasteiger partial charge >= 0.3 is 0 Å². The van der Waals surface area contributed by atoms with E-state index < -0.39 is 10.0 Å². The molecule has 1 aliphatic rings. The zero-order chi connectivity index (χ0) is 18.0. The molecule has 134 valence electrons. The maximum atomic E-state index is 12.8. The van der Waals surface area contributed by atoms with Crippen LogP contribution in [-0.2, 0) is 23.1 Å². The molecule has 25 heavy (non-hydrogen) atoms. The van der Waals surface area contributed by atoms with Crippen LogP contribution in [0.25, 0.3) is 0 Å². The summed E-state index contributed by atoms with van der Waals surface area (Å²) in [6, 6.07) is 1.85. The zero-order valence-corrected chi connectivity index (χ0v) is 14.9. The highest BCUT2D eigenvalue weighted by Crippen LogP contribution is 2.17. The summed E-state index contributed by atoms with van der Waals surface area (Å²) < 4.78 is 27.1. The number of sulfonamides is 1. The summed E-state index contributed by atoms with van der Waals surface area (Å²) in [7, 11) is -3.30. The lowest BCUT2D eigenvalue weighted by atomic mass is 10.1. The van der Waals surface area contributed by atoms with E-state index in [0.29, 0.717) is 19.6 Å². The van der Waals surface area contributed by atoms with Crippen molar-refractivity contribution < 1.29 is 13.2 Å². The van der Waals surface area contributed by atoms with E-state index >= 15 is 0 Å². The number of hydrogen-bond donors (Lipinski definition) is 1. The molecule has 0 saturated heterocycles. The van der Waals surface area contributed by atoms with E-state index in [0.717, 1.165) is 17.6 Å². The van der Waals surface area contributed by atoms with Crippen LogP contribution < -0.4 is 4.72 Å². The van der Waals surface area contributed by atoms with E-state index in [-0.39, 0.29) is 24.1 Å². The second kappa shape index (κ2) is 6.89. The van der Waals surface area contributed by atoms with Crippen molar-refractivity contribution >= 4 is 15.9 Å². The molecule has 3 heterocycles. The topological polar surface area (TPSA) is 110 Å². The summed E-state index contributed by atoms with van der Waals surface area (Å²) in [5, 5.41) is 4.26. The van der Waals surface area contributed by atoms with Crippen LogP contribution in [-0.4, -0.2) is 58.3 Å². The quantitative estimate of drug-likeness (QED) is 0.805. The van der Waals surface area contributed by atoms with E-state index in [4.69, 9.17) is 0 Å². The molecule has 1 amide bonds. The molecule has 1 N–H and O–H groups in total. The molecule has 9 nitrogen and oxygen atoms in total. The molecule has 1 aliphatic heterocycles. The number of amides is 1. The first-order valence-corrected chi connectivity index (χ1v) is 9.74. The van der Waals surface area contributed by atoms with Gasteiger partial charge in [-0.3, -0.25) is 14.5 Å². The number of nitrogens with zero attached hydrogens (tertiary/aromatic N) is 5. The van der Waals surface area contributed by atoms with Gasteiger partial charge in [0.15, 0.2) is 0 Å². The number of rotatable bonds is 4. The molecule has 10 heteroatoms. The fraction of sp³-hybridized carbons (Fsp3) is 0.467. The fourth-order valence-corrected chi connectivity index (χ4v) is 3.29. The lowest BCUT2D eigenvalue weighted by molar-refractivity contribution is 0.0716. The number of carbonyl (C=O) groups is 1. The average molecular weight is 364 g/mol. The molecule has 0 spiro atoms. The Morgan fingerprint density at radius 2 is 2.12 bits per heavy atom. The number of hydrogen-bond acceptors (Lipinski definition) is 6. The monoisotopic (exact) mass is 364 g/mol. The first kappa shape index (κ1) is 17.5. The van der Waals surface area contributed by atoms with Crippen LogP contribution in [0.3, 0.4) is 0 Å². The number of carbonyl (C=O) groups excluding carboxylic acids is 1. The fourth-order valence-electron chi connectivity index (χ4n) is 2.75. The maximum absolute atomic E-state index is 12.8. The molecule has 1 atom stereocenters. The van der Waals surface area contributed by atoms with Gasteiger partial charge in [0.25, 0.3) is 5.91 Å². The molecule has 2 aromatic heterocycles. The van der Waals surface area contributed by atoms with Crippen molar-refractivity contribution in [1.82, 2.24) is 29.4 Å². The molecular formula is C15H20N6O3S. The van der Waals surface area contributed by atoms with Crippen LogP contribution in [0.5, 0.6) is 0 Å². The van der Waals surface area contributed by atoms with Gasteiger partial charge in [0.2, 0.25) is 10.0 Å². The van der Waals surface area contributed by atoms with Crippen LogP contribution >= 0.6 is 0 Å². The van der Waals surface area contributed by atoms with Gasteiger partial charge < -0.3 is 4.90 Å². The van der Waals surface area contributed by atoms with Gasteiger partial charge in [0.05, 0.1) is 30.4 Å². The second-order valence-corrected chi connectivity index (χ2v) is 8.05. The van der Waals surface area contributed by atoms with Crippen LogP contribution in [0.2, 0.25) is 0 Å². The van der Waals surface area contributed by atoms with Crippen molar-refractivity contribution in [3.63, 3.8) is 0 Å². The van der Waals surface area contributed by atoms with E-state index in [2.05, 4.69) is 19.8 Å². The Labute approximate surface area is 146 Å². The Kier molecular flexibility index (Phi) is 4.82. The van der Waals surface area contributed by atoms with E-state index in [1.54, 1.807) is 24.2 Å². The molecule has 0 fully saturated rings. The Hall–Kier alpha value is -2.33. The summed E-state index contributed by atoms with van der Waals surface area (Å²) in [6.07, 6.45) is 5.81. The lowest BCUT2D eigenvalue weighted by Crippen LogP contribution is -2.39. The van der Waals surface area contributed by atoms with Gasteiger partial charge in [-0.15, -0.1) is 0 Å². The third-order valence-corrected chi connectivity index (χ3v) is 4.68. The van der Waals surface area contributed by atoms with Crippen molar-refractivity contribution in [2.24, 2.45) is 5.92 Å². The number of fused-ring (bicyclic) bond motifs is 1. The van der Waals surface area contributed by atoms with E-state index in [9.17, 15) is 13.2 Å². The third-order valence-electron chi connectivity index (χ3n) is 3.99. The molecule has 2 aromatic rings. The highest BCUT2D eigenvalue weighted by molar-refractivity contribution is 7.88. The average Bonchev–Trinajstić information content (AvgIpc) is 2.90. The number of nitrogens with one attached hydrogen (secondary N) is 1. The standard InChI is InChI=1S/C15H20N6O3S/c1-11-5-17-14(7-16-11)15(22)20-8-12(6-19-25(2,23)24)9-21-13(10-20)3-4-18-21/h3-5,7,12,19H,6,8-10H2,1-2H3/t12-/m0/s1. The molecule has 0 radical (unpaired) electrons. The second-order valence-electron chi connectivity index (χ2n) is 6.22. The Bertz CT molecular complexity index is 862. The van der Waals surface area contributed by atoms with Gasteiger partial charge in [-0.1, -0.05) is 0 Å². The molecule has 0 unspecified atom stereocenters. The lowest BCUT2D eigenvalue weighted by Gasteiger charge is -2.23. The first-order valence-electron chi connectivity index (χ1n) is 7.85. The van der Waals surface area contributed by atoms with Crippen LogP contribution in [0.1, 0.15) is 21.9 Å². The molecule has 0 aliphatic carbocycles. The minimum atomic E-state index is -3.30. The van der Waals surface area contributed by atoms with Gasteiger partial charge in [-0.2, -0.15) is 5.10 Å². The third kappa shape index (κ3) is 4.40. The zero-order valence-electron chi connectivity index (χ0n) is 14.1. The summed E-state index contributed by atoms with van der Waals surface area (Å²) in [5.41, 5.74) is 1.91. The minimum absolute atomic E-state index is 0.0989. The largest absolute Gasteiger partial charge is 0.331 e. The molecule has 0 bridgehead atoms. The SMILES string of the molecule is Cc1cnc(C(=O)N2Cc3ccnn3C[C@@H](CNS(C)(=O)=O)C2)cn1. The van der Waals surface area contributed by atoms with Crippen LogP contribution in [0.4, 0.5) is 0 Å². The Morgan fingerprint density at radius 1 is 1.32 bits per heavy atom. The molecule has 0 aromatic carbocycles. The van der Waals surface area contributed by atoms with Gasteiger partial charge in [0, 0.05) is 37.9 Å². The minimum Gasteiger partial charge on any atom is -0.331 e. The van der Waals surface area contributed by atoms with Crippen molar-refractivity contribution in [3.8, 4) is 0 Å². The van der Waals surface area contributed by atoms with E-state index in [1.165, 1.54) is 6.20 Å². The summed E-state index contributed by atoms with van der Waals surface area (Å²) >= 11 is 0. The van der Waals surface area contributed by atoms with Crippen molar-refractivity contribution in [2.45, 2.75) is 20.0 Å². The highest BCUT2D eigenvalue weighted by atomic mass is 32.2. The smallest absolute Gasteiger partial charge is 0.274 e. The molecule has 0 saturated carbocycles. The van der Waals surface area contributed by atoms with Crippen molar-refractivity contribution in [1.29, 1.82) is 0 Å². The molecule has 3 rings (SSSR count). The first-order chi connectivity index (χ1) is 11.8. The number of aryl methyl sites for hydroxylation is 1. The maximum Gasteiger partial charge on any atom is 0.274 e. The van der Waals surface area contributed by atoms with Crippen molar-refractivity contribution in [3.05, 3.63) is 41.7 Å². The normalized spacial score (nSPS) is 17.8. The van der Waals surface area contributed by atoms with Gasteiger partial charge in [0.1, 0.15) is 5.69 Å². The van der Waals surface area contributed by atoms with Gasteiger partial charge in [-0.05, 0) is 13.0 Å². The van der Waals surface area contributed by atoms with Crippen LogP contribution in [0.15, 0.2) is 24.7 Å². The Morgan fingerprint density at radius 3 is 2.80 bits per heavy atom. The molecular weight excluding hydrogens is 344 g/mol. The number of aromatic nitrogens is 4. The van der Waals surface area contributed by atoms with Gasteiger partial charge in [-0.25, -0.2) is 18.1 Å². The predicted molar refractivity (Wildman–Crippen MR) is 90.1 cm³/mol. The van der Waals surface area contributed by atoms with Crippen molar-refractivity contribution in [2.75, 3.05) is 19.3 Å². The Balaban J connectivity index is 1.82. The van der Waals surface area contributed by atoms with Crippen LogP contribution in [0, 0.1) is 12.8 Å². The van der Waals surface area contributed by atoms with E-state index in [1.807, 2.05) is 10.7 Å². The highest BCUT2D eigenvalue weighted by Gasteiger charge is 2.27. The summed E-state index contributed by atoms with van der Waals surface area (Å²) in [6.45, 7) is 3.37. The predicted octanol–water partition coefficient (Wildman–Crippen LogP) is -0.197. The summed E-state index contributed by atoms with van der Waals surface area (Å²) in [5.74, 6) is -0.329. The summed E-state index contributed by atoms with van der Waals surface area (Å²) in [4.78, 5) is 22.7.